The third-order valence-corrected chi connectivity index (χ3v) is 3.02. The lowest BCUT2D eigenvalue weighted by molar-refractivity contribution is 0.0944. The Labute approximate surface area is 129 Å². The SMILES string of the molecule is CC(C)c1cnc(COc2ccc(C(=O)NCCO)cc2)o1. The Hall–Kier alpha value is -2.34. The van der Waals surface area contributed by atoms with Crippen LogP contribution in [0.15, 0.2) is 34.9 Å². The lowest BCUT2D eigenvalue weighted by Crippen LogP contribution is -2.26. The van der Waals surface area contributed by atoms with Crippen LogP contribution >= 0.6 is 0 Å². The van der Waals surface area contributed by atoms with Crippen LogP contribution in [0, 0.1) is 0 Å². The van der Waals surface area contributed by atoms with Crippen LogP contribution in [0.2, 0.25) is 0 Å². The number of aromatic nitrogens is 1. The van der Waals surface area contributed by atoms with E-state index in [1.54, 1.807) is 30.5 Å². The number of carbonyl (C=O) groups is 1. The normalized spacial score (nSPS) is 10.7. The highest BCUT2D eigenvalue weighted by molar-refractivity contribution is 5.94. The number of carbonyl (C=O) groups excluding carboxylic acids is 1. The van der Waals surface area contributed by atoms with Crippen LogP contribution in [0.3, 0.4) is 0 Å². The topological polar surface area (TPSA) is 84.6 Å². The average molecular weight is 304 g/mol. The van der Waals surface area contributed by atoms with Gasteiger partial charge < -0.3 is 19.6 Å². The number of hydrogen-bond donors (Lipinski definition) is 2. The molecule has 6 nitrogen and oxygen atoms in total. The summed E-state index contributed by atoms with van der Waals surface area (Å²) in [5, 5.41) is 11.3. The highest BCUT2D eigenvalue weighted by Crippen LogP contribution is 2.17. The van der Waals surface area contributed by atoms with Gasteiger partial charge in [-0.25, -0.2) is 4.98 Å². The molecule has 6 heteroatoms. The minimum absolute atomic E-state index is 0.0819. The van der Waals surface area contributed by atoms with E-state index in [-0.39, 0.29) is 31.6 Å². The molecular weight excluding hydrogens is 284 g/mol. The molecule has 0 atom stereocenters. The maximum Gasteiger partial charge on any atom is 0.251 e. The van der Waals surface area contributed by atoms with Crippen LogP contribution in [0.4, 0.5) is 0 Å². The summed E-state index contributed by atoms with van der Waals surface area (Å²) in [4.78, 5) is 15.8. The van der Waals surface area contributed by atoms with Crippen LogP contribution in [-0.2, 0) is 6.61 Å². The van der Waals surface area contributed by atoms with E-state index in [1.807, 2.05) is 13.8 Å². The Bertz CT molecular complexity index is 605. The van der Waals surface area contributed by atoms with Gasteiger partial charge in [0.25, 0.3) is 5.91 Å². The van der Waals surface area contributed by atoms with Crippen molar-refractivity contribution in [2.75, 3.05) is 13.2 Å². The Kier molecular flexibility index (Phi) is 5.55. The minimum Gasteiger partial charge on any atom is -0.484 e. The van der Waals surface area contributed by atoms with E-state index in [2.05, 4.69) is 10.3 Å². The molecule has 0 aliphatic rings. The van der Waals surface area contributed by atoms with Crippen molar-refractivity contribution >= 4 is 5.91 Å². The molecule has 0 radical (unpaired) electrons. The van der Waals surface area contributed by atoms with E-state index < -0.39 is 0 Å². The second-order valence-corrected chi connectivity index (χ2v) is 5.10. The van der Waals surface area contributed by atoms with Crippen LogP contribution in [0.5, 0.6) is 5.75 Å². The Balaban J connectivity index is 1.89. The zero-order valence-corrected chi connectivity index (χ0v) is 12.7. The van der Waals surface area contributed by atoms with E-state index >= 15 is 0 Å². The highest BCUT2D eigenvalue weighted by atomic mass is 16.5. The molecule has 0 saturated carbocycles. The van der Waals surface area contributed by atoms with Gasteiger partial charge in [-0.1, -0.05) is 13.8 Å². The number of hydrogen-bond acceptors (Lipinski definition) is 5. The fraction of sp³-hybridized carbons (Fsp3) is 0.375. The molecule has 1 aromatic carbocycles. The first kappa shape index (κ1) is 16.0. The summed E-state index contributed by atoms with van der Waals surface area (Å²) in [5.74, 6) is 2.04. The van der Waals surface area contributed by atoms with Gasteiger partial charge >= 0.3 is 0 Å². The van der Waals surface area contributed by atoms with Gasteiger partial charge in [0.2, 0.25) is 5.89 Å². The number of rotatable bonds is 7. The number of nitrogens with zero attached hydrogens (tertiary/aromatic N) is 1. The molecule has 2 N–H and O–H groups in total. The van der Waals surface area contributed by atoms with Crippen molar-refractivity contribution in [2.24, 2.45) is 0 Å². The number of amides is 1. The Morgan fingerprint density at radius 2 is 2.09 bits per heavy atom. The number of benzene rings is 1. The highest BCUT2D eigenvalue weighted by Gasteiger charge is 2.08. The molecular formula is C16H20N2O4. The van der Waals surface area contributed by atoms with Crippen molar-refractivity contribution in [3.63, 3.8) is 0 Å². The fourth-order valence-electron chi connectivity index (χ4n) is 1.78. The molecule has 0 spiro atoms. The van der Waals surface area contributed by atoms with Crippen LogP contribution in [0.1, 0.15) is 41.8 Å². The molecule has 0 bridgehead atoms. The van der Waals surface area contributed by atoms with Gasteiger partial charge in [0.05, 0.1) is 12.8 Å². The predicted octanol–water partition coefficient (Wildman–Crippen LogP) is 2.10. The Morgan fingerprint density at radius 3 is 2.68 bits per heavy atom. The number of aliphatic hydroxyl groups is 1. The van der Waals surface area contributed by atoms with E-state index in [1.165, 1.54) is 0 Å². The van der Waals surface area contributed by atoms with E-state index in [4.69, 9.17) is 14.3 Å². The summed E-state index contributed by atoms with van der Waals surface area (Å²) < 4.78 is 11.1. The first-order valence-corrected chi connectivity index (χ1v) is 7.16. The minimum atomic E-state index is -0.227. The molecule has 1 amide bonds. The third kappa shape index (κ3) is 4.33. The molecule has 118 valence electrons. The van der Waals surface area contributed by atoms with Crippen molar-refractivity contribution in [3.8, 4) is 5.75 Å². The summed E-state index contributed by atoms with van der Waals surface area (Å²) in [5.41, 5.74) is 0.513. The van der Waals surface area contributed by atoms with E-state index in [9.17, 15) is 4.79 Å². The molecule has 0 fully saturated rings. The van der Waals surface area contributed by atoms with Crippen molar-refractivity contribution in [2.45, 2.75) is 26.4 Å². The first-order chi connectivity index (χ1) is 10.6. The van der Waals surface area contributed by atoms with Gasteiger partial charge in [-0.15, -0.1) is 0 Å². The van der Waals surface area contributed by atoms with Crippen molar-refractivity contribution in [3.05, 3.63) is 47.7 Å². The number of oxazole rings is 1. The summed E-state index contributed by atoms with van der Waals surface area (Å²) in [7, 11) is 0. The molecule has 0 aliphatic heterocycles. The van der Waals surface area contributed by atoms with Gasteiger partial charge in [0.15, 0.2) is 6.61 Å². The molecule has 2 rings (SSSR count). The number of ether oxygens (including phenoxy) is 1. The summed E-state index contributed by atoms with van der Waals surface area (Å²) in [6, 6.07) is 6.74. The van der Waals surface area contributed by atoms with Gasteiger partial charge in [-0.05, 0) is 24.3 Å². The van der Waals surface area contributed by atoms with Gasteiger partial charge in [0, 0.05) is 18.0 Å². The van der Waals surface area contributed by atoms with Gasteiger partial charge in [-0.3, -0.25) is 4.79 Å². The monoisotopic (exact) mass is 304 g/mol. The molecule has 0 aliphatic carbocycles. The molecule has 1 heterocycles. The average Bonchev–Trinajstić information content (AvgIpc) is 3.00. The summed E-state index contributed by atoms with van der Waals surface area (Å²) in [6.07, 6.45) is 1.71. The van der Waals surface area contributed by atoms with E-state index in [0.717, 1.165) is 5.76 Å². The smallest absolute Gasteiger partial charge is 0.251 e. The van der Waals surface area contributed by atoms with Crippen LogP contribution in [-0.4, -0.2) is 29.1 Å². The largest absolute Gasteiger partial charge is 0.484 e. The van der Waals surface area contributed by atoms with Crippen molar-refractivity contribution < 1.29 is 19.1 Å². The summed E-state index contributed by atoms with van der Waals surface area (Å²) in [6.45, 7) is 4.46. The molecule has 1 aromatic heterocycles. The first-order valence-electron chi connectivity index (χ1n) is 7.16. The second-order valence-electron chi connectivity index (χ2n) is 5.10. The predicted molar refractivity (Wildman–Crippen MR) is 80.8 cm³/mol. The van der Waals surface area contributed by atoms with Crippen LogP contribution < -0.4 is 10.1 Å². The number of aliphatic hydroxyl groups excluding tert-OH is 1. The molecule has 0 saturated heterocycles. The van der Waals surface area contributed by atoms with Gasteiger partial charge in [0.1, 0.15) is 11.5 Å². The molecule has 22 heavy (non-hydrogen) atoms. The standard InChI is InChI=1S/C16H20N2O4/c1-11(2)14-9-18-15(22-14)10-21-13-5-3-12(4-6-13)16(20)17-7-8-19/h3-6,9,11,19H,7-8,10H2,1-2H3,(H,17,20). The van der Waals surface area contributed by atoms with Gasteiger partial charge in [-0.2, -0.15) is 0 Å². The van der Waals surface area contributed by atoms with Crippen molar-refractivity contribution in [1.29, 1.82) is 0 Å². The Morgan fingerprint density at radius 1 is 1.36 bits per heavy atom. The quantitative estimate of drug-likeness (QED) is 0.818. The van der Waals surface area contributed by atoms with E-state index in [0.29, 0.717) is 17.2 Å². The fourth-order valence-corrected chi connectivity index (χ4v) is 1.78. The zero-order chi connectivity index (χ0) is 15.9. The molecule has 0 unspecified atom stereocenters. The zero-order valence-electron chi connectivity index (χ0n) is 12.7. The number of nitrogens with one attached hydrogen (secondary N) is 1. The summed E-state index contributed by atoms with van der Waals surface area (Å²) >= 11 is 0. The second kappa shape index (κ2) is 7.61. The maximum atomic E-state index is 11.7. The lowest BCUT2D eigenvalue weighted by Gasteiger charge is -2.06. The van der Waals surface area contributed by atoms with Crippen LogP contribution in [0.25, 0.3) is 0 Å². The lowest BCUT2D eigenvalue weighted by atomic mass is 10.2. The maximum absolute atomic E-state index is 11.7. The molecule has 2 aromatic rings. The third-order valence-electron chi connectivity index (χ3n) is 3.02. The van der Waals surface area contributed by atoms with Crippen molar-refractivity contribution in [1.82, 2.24) is 10.3 Å².